The van der Waals surface area contributed by atoms with E-state index < -0.39 is 5.41 Å². The van der Waals surface area contributed by atoms with Crippen molar-refractivity contribution in [2.75, 3.05) is 6.54 Å². The van der Waals surface area contributed by atoms with E-state index in [9.17, 15) is 9.18 Å². The van der Waals surface area contributed by atoms with Crippen LogP contribution in [0.25, 0.3) is 0 Å². The molecule has 0 atom stereocenters. The van der Waals surface area contributed by atoms with Gasteiger partial charge < -0.3 is 9.88 Å². The molecule has 5 nitrogen and oxygen atoms in total. The van der Waals surface area contributed by atoms with Crippen LogP contribution in [0.15, 0.2) is 24.3 Å². The van der Waals surface area contributed by atoms with Gasteiger partial charge in [-0.05, 0) is 44.0 Å². The van der Waals surface area contributed by atoms with Gasteiger partial charge in [-0.1, -0.05) is 18.2 Å². The van der Waals surface area contributed by atoms with Gasteiger partial charge in [0.1, 0.15) is 11.6 Å². The minimum absolute atomic E-state index is 0.101. The lowest BCUT2D eigenvalue weighted by atomic mass is 9.94. The van der Waals surface area contributed by atoms with Gasteiger partial charge in [0.25, 0.3) is 0 Å². The number of H-pyrrole nitrogens is 1. The van der Waals surface area contributed by atoms with Crippen LogP contribution in [-0.2, 0) is 16.8 Å². The van der Waals surface area contributed by atoms with Crippen molar-refractivity contribution >= 4 is 18.1 Å². The Labute approximate surface area is 144 Å². The lowest BCUT2D eigenvalue weighted by molar-refractivity contribution is -0.123. The first-order valence-corrected chi connectivity index (χ1v) is 8.71. The normalized spacial score (nSPS) is 18.4. The van der Waals surface area contributed by atoms with Crippen molar-refractivity contribution in [1.82, 2.24) is 20.1 Å². The van der Waals surface area contributed by atoms with E-state index in [0.29, 0.717) is 42.2 Å². The Morgan fingerprint density at radius 3 is 2.83 bits per heavy atom. The zero-order valence-corrected chi connectivity index (χ0v) is 14.0. The molecule has 2 N–H and O–H groups in total. The van der Waals surface area contributed by atoms with Crippen molar-refractivity contribution in [1.29, 1.82) is 0 Å². The number of aromatic nitrogens is 3. The number of amides is 1. The quantitative estimate of drug-likeness (QED) is 0.791. The van der Waals surface area contributed by atoms with Crippen molar-refractivity contribution in [2.24, 2.45) is 0 Å². The lowest BCUT2D eigenvalue weighted by Gasteiger charge is -2.17. The predicted octanol–water partition coefficient (Wildman–Crippen LogP) is 2.81. The predicted molar refractivity (Wildman–Crippen MR) is 89.7 cm³/mol. The van der Waals surface area contributed by atoms with E-state index in [4.69, 9.17) is 12.2 Å². The van der Waals surface area contributed by atoms with Gasteiger partial charge in [-0.3, -0.25) is 9.89 Å². The van der Waals surface area contributed by atoms with Gasteiger partial charge in [0.2, 0.25) is 5.91 Å². The van der Waals surface area contributed by atoms with Crippen LogP contribution in [0.4, 0.5) is 4.39 Å². The molecule has 4 rings (SSSR count). The molecule has 1 aromatic heterocycles. The van der Waals surface area contributed by atoms with Gasteiger partial charge >= 0.3 is 0 Å². The number of nitrogens with zero attached hydrogens (tertiary/aromatic N) is 2. The first kappa shape index (κ1) is 15.5. The average molecular weight is 346 g/mol. The summed E-state index contributed by atoms with van der Waals surface area (Å²) in [6.07, 6.45) is 3.67. The molecule has 126 valence electrons. The summed E-state index contributed by atoms with van der Waals surface area (Å²) < 4.78 is 16.6. The number of carbonyl (C=O) groups is 1. The van der Waals surface area contributed by atoms with Crippen LogP contribution in [0.1, 0.15) is 43.0 Å². The summed E-state index contributed by atoms with van der Waals surface area (Å²) in [5.74, 6) is 1.06. The fourth-order valence-corrected chi connectivity index (χ4v) is 3.47. The molecule has 0 spiro atoms. The Morgan fingerprint density at radius 1 is 1.42 bits per heavy atom. The van der Waals surface area contributed by atoms with E-state index in [1.165, 1.54) is 6.07 Å². The number of aromatic amines is 1. The molecule has 0 aliphatic heterocycles. The van der Waals surface area contributed by atoms with E-state index in [1.54, 1.807) is 18.2 Å². The number of halogens is 1. The fraction of sp³-hybridized carbons (Fsp3) is 0.471. The Bertz CT molecular complexity index is 835. The summed E-state index contributed by atoms with van der Waals surface area (Å²) in [4.78, 5) is 12.6. The molecule has 2 aliphatic rings. The number of rotatable bonds is 6. The van der Waals surface area contributed by atoms with Gasteiger partial charge in [-0.2, -0.15) is 5.10 Å². The molecule has 1 amide bonds. The molecule has 0 saturated heterocycles. The fourth-order valence-electron chi connectivity index (χ4n) is 3.24. The number of carbonyl (C=O) groups excluding carboxylic acids is 1. The molecule has 7 heteroatoms. The third-order valence-electron chi connectivity index (χ3n) is 4.93. The monoisotopic (exact) mass is 346 g/mol. The van der Waals surface area contributed by atoms with Crippen LogP contribution >= 0.6 is 12.2 Å². The largest absolute Gasteiger partial charge is 0.354 e. The molecule has 1 heterocycles. The molecule has 0 bridgehead atoms. The first-order valence-electron chi connectivity index (χ1n) is 8.30. The highest BCUT2D eigenvalue weighted by molar-refractivity contribution is 7.71. The summed E-state index contributed by atoms with van der Waals surface area (Å²) in [6, 6.07) is 6.54. The summed E-state index contributed by atoms with van der Waals surface area (Å²) in [6.45, 7) is 1.04. The van der Waals surface area contributed by atoms with E-state index in [1.807, 2.05) is 4.57 Å². The number of hydrogen-bond donors (Lipinski definition) is 2. The molecular weight excluding hydrogens is 327 g/mol. The van der Waals surface area contributed by atoms with Crippen LogP contribution in [0.2, 0.25) is 0 Å². The second-order valence-electron chi connectivity index (χ2n) is 6.63. The van der Waals surface area contributed by atoms with Crippen LogP contribution < -0.4 is 5.32 Å². The van der Waals surface area contributed by atoms with Crippen molar-refractivity contribution in [2.45, 2.75) is 43.6 Å². The zero-order valence-electron chi connectivity index (χ0n) is 13.2. The second kappa shape index (κ2) is 5.81. The molecule has 2 aromatic rings. The van der Waals surface area contributed by atoms with E-state index >= 15 is 0 Å². The molecule has 2 saturated carbocycles. The van der Waals surface area contributed by atoms with Crippen LogP contribution in [-0.4, -0.2) is 27.2 Å². The molecule has 0 unspecified atom stereocenters. The molecule has 1 aromatic carbocycles. The summed E-state index contributed by atoms with van der Waals surface area (Å²) >= 11 is 5.26. The molecular formula is C17H19FN4OS. The number of benzene rings is 1. The average Bonchev–Trinajstić information content (AvgIpc) is 3.48. The van der Waals surface area contributed by atoms with E-state index in [-0.39, 0.29) is 11.7 Å². The Morgan fingerprint density at radius 2 is 2.17 bits per heavy atom. The third kappa shape index (κ3) is 2.66. The Balaban J connectivity index is 1.42. The third-order valence-corrected chi connectivity index (χ3v) is 5.24. The van der Waals surface area contributed by atoms with Crippen LogP contribution in [0.5, 0.6) is 0 Å². The highest BCUT2D eigenvalue weighted by Gasteiger charge is 2.52. The Hall–Kier alpha value is -2.02. The SMILES string of the molecule is O=C(NCCn1c(C2CC2)n[nH]c1=S)C1(c2ccccc2F)CC1. The summed E-state index contributed by atoms with van der Waals surface area (Å²) in [7, 11) is 0. The maximum absolute atomic E-state index is 14.0. The Kier molecular flexibility index (Phi) is 3.75. The summed E-state index contributed by atoms with van der Waals surface area (Å²) in [5, 5.41) is 10.1. The topological polar surface area (TPSA) is 62.7 Å². The molecule has 2 aliphatic carbocycles. The minimum atomic E-state index is -0.692. The maximum Gasteiger partial charge on any atom is 0.230 e. The van der Waals surface area contributed by atoms with Gasteiger partial charge in [0.15, 0.2) is 4.77 Å². The number of nitrogens with one attached hydrogen (secondary N) is 2. The van der Waals surface area contributed by atoms with Gasteiger partial charge in [0, 0.05) is 24.6 Å². The zero-order chi connectivity index (χ0) is 16.7. The second-order valence-corrected chi connectivity index (χ2v) is 7.02. The van der Waals surface area contributed by atoms with Crippen molar-refractivity contribution < 1.29 is 9.18 Å². The van der Waals surface area contributed by atoms with Gasteiger partial charge in [0.05, 0.1) is 5.41 Å². The van der Waals surface area contributed by atoms with Crippen molar-refractivity contribution in [3.05, 3.63) is 46.2 Å². The van der Waals surface area contributed by atoms with Crippen LogP contribution in [0.3, 0.4) is 0 Å². The lowest BCUT2D eigenvalue weighted by Crippen LogP contribution is -2.37. The van der Waals surface area contributed by atoms with Crippen molar-refractivity contribution in [3.63, 3.8) is 0 Å². The molecule has 2 fully saturated rings. The van der Waals surface area contributed by atoms with Crippen molar-refractivity contribution in [3.8, 4) is 0 Å². The highest BCUT2D eigenvalue weighted by atomic mass is 32.1. The number of hydrogen-bond acceptors (Lipinski definition) is 3. The minimum Gasteiger partial charge on any atom is -0.354 e. The van der Waals surface area contributed by atoms with E-state index in [2.05, 4.69) is 15.5 Å². The van der Waals surface area contributed by atoms with Gasteiger partial charge in [-0.25, -0.2) is 4.39 Å². The maximum atomic E-state index is 14.0. The first-order chi connectivity index (χ1) is 11.6. The molecule has 0 radical (unpaired) electrons. The highest BCUT2D eigenvalue weighted by Crippen LogP contribution is 2.49. The smallest absolute Gasteiger partial charge is 0.230 e. The summed E-state index contributed by atoms with van der Waals surface area (Å²) in [5.41, 5.74) is -0.191. The van der Waals surface area contributed by atoms with Crippen LogP contribution in [0, 0.1) is 10.6 Å². The molecule has 24 heavy (non-hydrogen) atoms. The van der Waals surface area contributed by atoms with Gasteiger partial charge in [-0.15, -0.1) is 0 Å². The standard InChI is InChI=1S/C17H19FN4OS/c18-13-4-2-1-3-12(13)17(7-8-17)15(23)19-9-10-22-14(11-5-6-11)20-21-16(22)24/h1-4,11H,5-10H2,(H,19,23)(H,21,24). The van der Waals surface area contributed by atoms with E-state index in [0.717, 1.165) is 18.7 Å².